The first kappa shape index (κ1) is 14.6. The standard InChI is InChI=1S/C18H23N5/c1-7-20-17(21-8-1)23-12-5-18(6-13-23)4-11-22(15-18)14-16-2-9-19-10-3-16/h1-3,7-10H,4-6,11-15H2. The Balaban J connectivity index is 1.35. The second kappa shape index (κ2) is 6.24. The fourth-order valence-corrected chi connectivity index (χ4v) is 3.95. The number of piperidine rings is 1. The van der Waals surface area contributed by atoms with E-state index in [2.05, 4.69) is 36.9 Å². The number of pyridine rings is 1. The number of rotatable bonds is 3. The van der Waals surface area contributed by atoms with E-state index in [1.165, 1.54) is 37.9 Å². The van der Waals surface area contributed by atoms with Crippen molar-refractivity contribution < 1.29 is 0 Å². The van der Waals surface area contributed by atoms with Gasteiger partial charge in [-0.15, -0.1) is 0 Å². The summed E-state index contributed by atoms with van der Waals surface area (Å²) in [6.07, 6.45) is 11.3. The molecule has 0 radical (unpaired) electrons. The Labute approximate surface area is 137 Å². The second-order valence-corrected chi connectivity index (χ2v) is 6.85. The summed E-state index contributed by atoms with van der Waals surface area (Å²) in [4.78, 5) is 17.8. The van der Waals surface area contributed by atoms with Crippen LogP contribution in [0.15, 0.2) is 43.0 Å². The summed E-state index contributed by atoms with van der Waals surface area (Å²) in [5.41, 5.74) is 1.87. The Bertz CT molecular complexity index is 622. The lowest BCUT2D eigenvalue weighted by atomic mass is 9.78. The first-order valence-corrected chi connectivity index (χ1v) is 8.46. The lowest BCUT2D eigenvalue weighted by Gasteiger charge is -2.39. The normalized spacial score (nSPS) is 21.0. The third-order valence-corrected chi connectivity index (χ3v) is 5.33. The van der Waals surface area contributed by atoms with E-state index in [4.69, 9.17) is 0 Å². The molecule has 1 spiro atoms. The van der Waals surface area contributed by atoms with Crippen molar-refractivity contribution in [3.05, 3.63) is 48.5 Å². The van der Waals surface area contributed by atoms with Crippen LogP contribution < -0.4 is 4.90 Å². The van der Waals surface area contributed by atoms with Crippen LogP contribution in [0.25, 0.3) is 0 Å². The fourth-order valence-electron chi connectivity index (χ4n) is 3.95. The Morgan fingerprint density at radius 3 is 2.35 bits per heavy atom. The fraction of sp³-hybridized carbons (Fsp3) is 0.500. The van der Waals surface area contributed by atoms with Crippen molar-refractivity contribution in [1.29, 1.82) is 0 Å². The topological polar surface area (TPSA) is 45.2 Å². The Hall–Kier alpha value is -2.01. The van der Waals surface area contributed by atoms with Gasteiger partial charge in [-0.3, -0.25) is 9.88 Å². The summed E-state index contributed by atoms with van der Waals surface area (Å²) in [6.45, 7) is 5.64. The third-order valence-electron chi connectivity index (χ3n) is 5.33. The molecule has 2 fully saturated rings. The highest BCUT2D eigenvalue weighted by molar-refractivity contribution is 5.29. The average Bonchev–Trinajstić information content (AvgIpc) is 2.99. The highest BCUT2D eigenvalue weighted by Gasteiger charge is 2.40. The van der Waals surface area contributed by atoms with E-state index in [-0.39, 0.29) is 0 Å². The van der Waals surface area contributed by atoms with Gasteiger partial charge in [0.2, 0.25) is 5.95 Å². The largest absolute Gasteiger partial charge is 0.341 e. The van der Waals surface area contributed by atoms with E-state index in [1.54, 1.807) is 0 Å². The molecule has 120 valence electrons. The predicted molar refractivity (Wildman–Crippen MR) is 90.0 cm³/mol. The van der Waals surface area contributed by atoms with Gasteiger partial charge in [0.15, 0.2) is 0 Å². The van der Waals surface area contributed by atoms with Crippen molar-refractivity contribution in [3.63, 3.8) is 0 Å². The minimum Gasteiger partial charge on any atom is -0.341 e. The summed E-state index contributed by atoms with van der Waals surface area (Å²) in [5.74, 6) is 0.883. The number of hydrogen-bond acceptors (Lipinski definition) is 5. The first-order valence-electron chi connectivity index (χ1n) is 8.46. The SMILES string of the molecule is c1cnc(N2CCC3(CCN(Cc4ccncc4)C3)CC2)nc1. The van der Waals surface area contributed by atoms with Crippen LogP contribution in [0.4, 0.5) is 5.95 Å². The molecular formula is C18H23N5. The molecule has 0 aliphatic carbocycles. The molecule has 2 aliphatic heterocycles. The second-order valence-electron chi connectivity index (χ2n) is 6.85. The van der Waals surface area contributed by atoms with Gasteiger partial charge in [0, 0.05) is 51.0 Å². The molecule has 2 aromatic rings. The molecule has 0 N–H and O–H groups in total. The molecule has 0 amide bonds. The van der Waals surface area contributed by atoms with Gasteiger partial charge in [-0.05, 0) is 55.0 Å². The van der Waals surface area contributed by atoms with Crippen LogP contribution >= 0.6 is 0 Å². The Morgan fingerprint density at radius 2 is 1.61 bits per heavy atom. The molecule has 2 aliphatic rings. The lowest BCUT2D eigenvalue weighted by molar-refractivity contribution is 0.205. The van der Waals surface area contributed by atoms with Gasteiger partial charge in [-0.25, -0.2) is 9.97 Å². The number of hydrogen-bond donors (Lipinski definition) is 0. The summed E-state index contributed by atoms with van der Waals surface area (Å²) >= 11 is 0. The monoisotopic (exact) mass is 309 g/mol. The molecule has 0 saturated carbocycles. The molecular weight excluding hydrogens is 286 g/mol. The van der Waals surface area contributed by atoms with Crippen LogP contribution in [0.1, 0.15) is 24.8 Å². The summed E-state index contributed by atoms with van der Waals surface area (Å²) in [6, 6.07) is 6.13. The van der Waals surface area contributed by atoms with Gasteiger partial charge >= 0.3 is 0 Å². The van der Waals surface area contributed by atoms with E-state index in [1.807, 2.05) is 30.9 Å². The van der Waals surface area contributed by atoms with Crippen molar-refractivity contribution in [3.8, 4) is 0 Å². The van der Waals surface area contributed by atoms with Crippen LogP contribution in [0.5, 0.6) is 0 Å². The number of aromatic nitrogens is 3. The van der Waals surface area contributed by atoms with Crippen molar-refractivity contribution in [2.45, 2.75) is 25.8 Å². The molecule has 0 unspecified atom stereocenters. The van der Waals surface area contributed by atoms with Gasteiger partial charge in [0.1, 0.15) is 0 Å². The van der Waals surface area contributed by atoms with Crippen LogP contribution in [0, 0.1) is 5.41 Å². The molecule has 4 heterocycles. The van der Waals surface area contributed by atoms with E-state index in [9.17, 15) is 0 Å². The number of anilines is 1. The average molecular weight is 309 g/mol. The maximum Gasteiger partial charge on any atom is 0.225 e. The first-order chi connectivity index (χ1) is 11.3. The van der Waals surface area contributed by atoms with Crippen molar-refractivity contribution in [1.82, 2.24) is 19.9 Å². The van der Waals surface area contributed by atoms with Gasteiger partial charge in [-0.1, -0.05) is 0 Å². The van der Waals surface area contributed by atoms with Gasteiger partial charge in [0.05, 0.1) is 0 Å². The predicted octanol–water partition coefficient (Wildman–Crippen LogP) is 2.36. The minimum atomic E-state index is 0.498. The van der Waals surface area contributed by atoms with Crippen molar-refractivity contribution in [2.75, 3.05) is 31.1 Å². The van der Waals surface area contributed by atoms with E-state index in [0.29, 0.717) is 5.41 Å². The number of nitrogens with zero attached hydrogens (tertiary/aromatic N) is 5. The lowest BCUT2D eigenvalue weighted by Crippen LogP contribution is -2.42. The highest BCUT2D eigenvalue weighted by atomic mass is 15.3. The van der Waals surface area contributed by atoms with Gasteiger partial charge < -0.3 is 4.90 Å². The summed E-state index contributed by atoms with van der Waals surface area (Å²) < 4.78 is 0. The Kier molecular flexibility index (Phi) is 3.95. The van der Waals surface area contributed by atoms with Crippen molar-refractivity contribution in [2.24, 2.45) is 5.41 Å². The molecule has 5 heteroatoms. The molecule has 23 heavy (non-hydrogen) atoms. The zero-order valence-electron chi connectivity index (χ0n) is 13.4. The molecule has 0 bridgehead atoms. The van der Waals surface area contributed by atoms with Crippen LogP contribution in [-0.4, -0.2) is 46.0 Å². The van der Waals surface area contributed by atoms with Crippen LogP contribution in [-0.2, 0) is 6.54 Å². The molecule has 2 aromatic heterocycles. The minimum absolute atomic E-state index is 0.498. The van der Waals surface area contributed by atoms with Crippen LogP contribution in [0.3, 0.4) is 0 Å². The van der Waals surface area contributed by atoms with E-state index in [0.717, 1.165) is 25.6 Å². The Morgan fingerprint density at radius 1 is 0.913 bits per heavy atom. The van der Waals surface area contributed by atoms with Crippen LogP contribution in [0.2, 0.25) is 0 Å². The molecule has 4 rings (SSSR count). The van der Waals surface area contributed by atoms with Gasteiger partial charge in [-0.2, -0.15) is 0 Å². The van der Waals surface area contributed by atoms with E-state index < -0.39 is 0 Å². The zero-order chi connectivity index (χ0) is 15.5. The summed E-state index contributed by atoms with van der Waals surface area (Å²) in [5, 5.41) is 0. The smallest absolute Gasteiger partial charge is 0.225 e. The molecule has 0 atom stereocenters. The quantitative estimate of drug-likeness (QED) is 0.871. The number of likely N-dealkylation sites (tertiary alicyclic amines) is 1. The van der Waals surface area contributed by atoms with Gasteiger partial charge in [0.25, 0.3) is 0 Å². The maximum atomic E-state index is 4.39. The molecule has 2 saturated heterocycles. The maximum absolute atomic E-state index is 4.39. The zero-order valence-corrected chi connectivity index (χ0v) is 13.4. The third kappa shape index (κ3) is 3.20. The van der Waals surface area contributed by atoms with Crippen molar-refractivity contribution >= 4 is 5.95 Å². The molecule has 0 aromatic carbocycles. The van der Waals surface area contributed by atoms with E-state index >= 15 is 0 Å². The summed E-state index contributed by atoms with van der Waals surface area (Å²) in [7, 11) is 0. The highest BCUT2D eigenvalue weighted by Crippen LogP contribution is 2.41. The molecule has 5 nitrogen and oxygen atoms in total.